The minimum Gasteiger partial charge on any atom is -0.741 e. The van der Waals surface area contributed by atoms with Crippen LogP contribution in [-0.4, -0.2) is 18.5 Å². The Morgan fingerprint density at radius 2 is 1.64 bits per heavy atom. The number of halogens is 6. The van der Waals surface area contributed by atoms with Crippen molar-refractivity contribution < 1.29 is 39.3 Å². The average Bonchev–Trinajstić information content (AvgIpc) is 2.80. The molecular formula is C14H10F6O3S2. The minimum atomic E-state index is -6.09. The Labute approximate surface area is 141 Å². The molecule has 2 aliphatic rings. The van der Waals surface area contributed by atoms with Crippen molar-refractivity contribution in [3.8, 4) is 0 Å². The van der Waals surface area contributed by atoms with Crippen molar-refractivity contribution in [2.24, 2.45) is 0 Å². The highest BCUT2D eigenvalue weighted by Crippen LogP contribution is 2.38. The Balaban J connectivity index is 0.000000242. The van der Waals surface area contributed by atoms with E-state index in [1.54, 1.807) is 18.2 Å². The van der Waals surface area contributed by atoms with E-state index < -0.39 is 31.6 Å². The predicted molar refractivity (Wildman–Crippen MR) is 80.6 cm³/mol. The molecule has 0 N–H and O–H groups in total. The molecule has 11 heteroatoms. The largest absolute Gasteiger partial charge is 0.741 e. The Morgan fingerprint density at radius 1 is 1.04 bits per heavy atom. The Kier molecular flexibility index (Phi) is 5.22. The summed E-state index contributed by atoms with van der Waals surface area (Å²) < 4.78 is 99.3. The molecular weight excluding hydrogens is 394 g/mol. The van der Waals surface area contributed by atoms with E-state index in [4.69, 9.17) is 13.0 Å². The van der Waals surface area contributed by atoms with Crippen LogP contribution in [0.25, 0.3) is 18.2 Å². The number of hydrogen-bond donors (Lipinski definition) is 0. The maximum absolute atomic E-state index is 13.2. The van der Waals surface area contributed by atoms with Gasteiger partial charge in [-0.25, -0.2) is 8.42 Å². The number of allylic oxidation sites excluding steroid dienone is 3. The third kappa shape index (κ3) is 4.15. The van der Waals surface area contributed by atoms with Crippen molar-refractivity contribution in [1.29, 1.82) is 0 Å². The molecule has 3 rings (SSSR count). The van der Waals surface area contributed by atoms with Gasteiger partial charge in [0.1, 0.15) is 10.5 Å². The van der Waals surface area contributed by atoms with Crippen LogP contribution < -0.4 is 9.06 Å². The highest BCUT2D eigenvalue weighted by Gasteiger charge is 2.47. The normalized spacial score (nSPS) is 16.8. The van der Waals surface area contributed by atoms with Crippen LogP contribution in [0.15, 0.2) is 18.2 Å². The first-order chi connectivity index (χ1) is 11.3. The zero-order chi connectivity index (χ0) is 19.0. The quantitative estimate of drug-likeness (QED) is 0.289. The lowest BCUT2D eigenvalue weighted by Crippen LogP contribution is -2.21. The number of alkyl halides is 6. The lowest BCUT2D eigenvalue weighted by Gasteiger charge is -2.08. The molecule has 0 saturated carbocycles. The molecule has 1 aromatic heterocycles. The van der Waals surface area contributed by atoms with Gasteiger partial charge in [-0.1, -0.05) is 24.3 Å². The van der Waals surface area contributed by atoms with Gasteiger partial charge in [0.15, 0.2) is 19.2 Å². The zero-order valence-electron chi connectivity index (χ0n) is 12.2. The third-order valence-corrected chi connectivity index (χ3v) is 5.95. The summed E-state index contributed by atoms with van der Waals surface area (Å²) in [5.41, 5.74) is -8.16. The van der Waals surface area contributed by atoms with Gasteiger partial charge in [0.05, 0.1) is 0 Å². The van der Waals surface area contributed by atoms with Crippen LogP contribution in [0.1, 0.15) is 17.5 Å². The standard InChI is InChI=1S/C13H10F3S.CHF3O3S/c14-13(15,16)17-11-7-3-1-5-9(11)10-6-2-4-8-12(10)17;2-1(3,4)8(5,6)7/h1-3,6-8H,4-5H2;(H,5,6,7)/q+1;/p-1. The van der Waals surface area contributed by atoms with Crippen LogP contribution >= 0.6 is 10.5 Å². The van der Waals surface area contributed by atoms with E-state index >= 15 is 0 Å². The summed E-state index contributed by atoms with van der Waals surface area (Å²) in [5.74, 6) is 0. The van der Waals surface area contributed by atoms with Crippen LogP contribution in [0.4, 0.5) is 26.3 Å². The second kappa shape index (κ2) is 6.61. The molecule has 138 valence electrons. The van der Waals surface area contributed by atoms with E-state index in [1.165, 1.54) is 0 Å². The van der Waals surface area contributed by atoms with Gasteiger partial charge >= 0.3 is 11.0 Å². The Hall–Kier alpha value is -1.59. The van der Waals surface area contributed by atoms with Crippen LogP contribution in [-0.2, 0) is 22.0 Å². The van der Waals surface area contributed by atoms with E-state index in [2.05, 4.69) is 0 Å². The van der Waals surface area contributed by atoms with Crippen molar-refractivity contribution >= 4 is 38.8 Å². The summed E-state index contributed by atoms with van der Waals surface area (Å²) >= 11 is 0. The van der Waals surface area contributed by atoms with Gasteiger partial charge in [0.2, 0.25) is 0 Å². The molecule has 25 heavy (non-hydrogen) atoms. The molecule has 0 fully saturated rings. The van der Waals surface area contributed by atoms with E-state index in [1.807, 2.05) is 18.2 Å². The number of rotatable bonds is 0. The van der Waals surface area contributed by atoms with Gasteiger partial charge < -0.3 is 4.55 Å². The molecule has 1 heterocycles. The van der Waals surface area contributed by atoms with E-state index in [9.17, 15) is 26.3 Å². The van der Waals surface area contributed by atoms with Gasteiger partial charge in [-0.2, -0.15) is 13.2 Å². The monoisotopic (exact) mass is 404 g/mol. The van der Waals surface area contributed by atoms with Crippen LogP contribution in [0, 0.1) is 0 Å². The van der Waals surface area contributed by atoms with Gasteiger partial charge in [-0.3, -0.25) is 0 Å². The molecule has 0 aromatic carbocycles. The zero-order valence-corrected chi connectivity index (χ0v) is 13.8. The molecule has 1 aromatic rings. The fraction of sp³-hybridized carbons (Fsp3) is 0.286. The highest BCUT2D eigenvalue weighted by molar-refractivity contribution is 7.86. The molecule has 0 bridgehead atoms. The molecule has 3 nitrogen and oxygen atoms in total. The van der Waals surface area contributed by atoms with Crippen LogP contribution in [0.3, 0.4) is 0 Å². The molecule has 0 aliphatic heterocycles. The van der Waals surface area contributed by atoms with Gasteiger partial charge in [0, 0.05) is 11.1 Å². The lowest BCUT2D eigenvalue weighted by molar-refractivity contribution is -0.0873. The van der Waals surface area contributed by atoms with Crippen molar-refractivity contribution in [3.05, 3.63) is 38.4 Å². The van der Waals surface area contributed by atoms with E-state index in [0.29, 0.717) is 21.9 Å². The maximum Gasteiger partial charge on any atom is 0.601 e. The second-order valence-electron chi connectivity index (χ2n) is 4.91. The van der Waals surface area contributed by atoms with Crippen molar-refractivity contribution in [2.45, 2.75) is 23.9 Å². The lowest BCUT2D eigenvalue weighted by atomic mass is 10.0. The Bertz CT molecular complexity index is 947. The smallest absolute Gasteiger partial charge is 0.601 e. The molecule has 0 spiro atoms. The molecule has 1 atom stereocenters. The summed E-state index contributed by atoms with van der Waals surface area (Å²) in [6.45, 7) is 0. The number of hydrogen-bond acceptors (Lipinski definition) is 3. The Morgan fingerprint density at radius 3 is 2.16 bits per heavy atom. The molecule has 0 amide bonds. The molecule has 2 aliphatic carbocycles. The van der Waals surface area contributed by atoms with E-state index in [0.717, 1.165) is 11.1 Å². The first-order valence-corrected chi connectivity index (χ1v) is 9.28. The van der Waals surface area contributed by atoms with Crippen LogP contribution in [0.2, 0.25) is 0 Å². The topological polar surface area (TPSA) is 57.2 Å². The van der Waals surface area contributed by atoms with Gasteiger partial charge in [-0.15, -0.1) is 13.2 Å². The first kappa shape index (κ1) is 19.7. The molecule has 0 saturated heterocycles. The number of fused-ring (bicyclic) bond motifs is 3. The van der Waals surface area contributed by atoms with Crippen molar-refractivity contribution in [2.75, 3.05) is 0 Å². The fourth-order valence-corrected chi connectivity index (χ4v) is 4.40. The summed E-state index contributed by atoms with van der Waals surface area (Å²) in [5, 5.41) is 0. The number of thiophene rings is 1. The first-order valence-electron chi connectivity index (χ1n) is 6.64. The summed E-state index contributed by atoms with van der Waals surface area (Å²) in [6, 6.07) is 0. The summed E-state index contributed by atoms with van der Waals surface area (Å²) in [6.07, 6.45) is 12.0. The minimum absolute atomic E-state index is 0.466. The SMILES string of the molecule is FC(F)(F)[s+]1c2c(c3c1=CC=CC3)C=CCC=2.O=S(=O)([O-])C(F)(F)F. The fourth-order valence-electron chi connectivity index (χ4n) is 2.34. The highest BCUT2D eigenvalue weighted by atomic mass is 32.2. The maximum atomic E-state index is 13.2. The third-order valence-electron chi connectivity index (χ3n) is 3.27. The molecule has 1 unspecified atom stereocenters. The summed E-state index contributed by atoms with van der Waals surface area (Å²) in [7, 11) is -7.82. The average molecular weight is 404 g/mol. The van der Waals surface area contributed by atoms with Crippen LogP contribution in [0.5, 0.6) is 0 Å². The van der Waals surface area contributed by atoms with E-state index in [-0.39, 0.29) is 0 Å². The predicted octanol–water partition coefficient (Wildman–Crippen LogP) is 3.05. The van der Waals surface area contributed by atoms with Gasteiger partial charge in [-0.05, 0) is 25.0 Å². The van der Waals surface area contributed by atoms with Crippen molar-refractivity contribution in [3.63, 3.8) is 0 Å². The molecule has 0 radical (unpaired) electrons. The van der Waals surface area contributed by atoms with Crippen molar-refractivity contribution in [1.82, 2.24) is 0 Å². The summed E-state index contributed by atoms with van der Waals surface area (Å²) in [4.78, 5) is 0. The second-order valence-corrected chi connectivity index (χ2v) is 8.24. The van der Waals surface area contributed by atoms with Gasteiger partial charge in [0.25, 0.3) is 0 Å².